The topological polar surface area (TPSA) is 70.8 Å². The molecular weight excluding hydrogens is 246 g/mol. The van der Waals surface area contributed by atoms with Gasteiger partial charge >= 0.3 is 5.97 Å². The second-order valence-electron chi connectivity index (χ2n) is 4.45. The second-order valence-corrected chi connectivity index (χ2v) is 4.82. The maximum absolute atomic E-state index is 12.0. The normalized spacial score (nSPS) is 24.0. The summed E-state index contributed by atoms with van der Waals surface area (Å²) in [5.74, 6) is -1.06. The van der Waals surface area contributed by atoms with Crippen LogP contribution in [0.3, 0.4) is 0 Å². The third-order valence-electron chi connectivity index (χ3n) is 3.06. The molecule has 2 heterocycles. The van der Waals surface area contributed by atoms with Crippen molar-refractivity contribution in [3.63, 3.8) is 0 Å². The first-order valence-corrected chi connectivity index (χ1v) is 5.58. The summed E-state index contributed by atoms with van der Waals surface area (Å²) in [6.45, 7) is 2.25. The van der Waals surface area contributed by atoms with Crippen LogP contribution in [-0.4, -0.2) is 35.0 Å². The van der Waals surface area contributed by atoms with Gasteiger partial charge in [-0.1, -0.05) is 0 Å². The van der Waals surface area contributed by atoms with E-state index in [2.05, 4.69) is 0 Å². The van der Waals surface area contributed by atoms with Crippen LogP contribution in [0, 0.1) is 5.41 Å². The molecule has 0 radical (unpaired) electrons. The number of aliphatic carboxylic acids is 1. The molecule has 2 rings (SSSR count). The van der Waals surface area contributed by atoms with Gasteiger partial charge in [-0.25, -0.2) is 0 Å². The summed E-state index contributed by atoms with van der Waals surface area (Å²) >= 11 is 5.59. The maximum atomic E-state index is 12.0. The van der Waals surface area contributed by atoms with Crippen molar-refractivity contribution in [3.05, 3.63) is 23.1 Å². The Kier molecular flexibility index (Phi) is 2.87. The number of halogens is 1. The first-order chi connectivity index (χ1) is 7.92. The van der Waals surface area contributed by atoms with Crippen molar-refractivity contribution in [2.45, 2.75) is 13.3 Å². The van der Waals surface area contributed by atoms with Crippen LogP contribution >= 0.6 is 11.6 Å². The van der Waals surface area contributed by atoms with Crippen LogP contribution in [0.15, 0.2) is 16.5 Å². The van der Waals surface area contributed by atoms with E-state index in [1.54, 1.807) is 6.92 Å². The number of carbonyl (C=O) groups is 2. The van der Waals surface area contributed by atoms with Crippen molar-refractivity contribution in [2.75, 3.05) is 13.1 Å². The Hall–Kier alpha value is -1.49. The van der Waals surface area contributed by atoms with Crippen molar-refractivity contribution in [1.82, 2.24) is 4.90 Å². The van der Waals surface area contributed by atoms with Gasteiger partial charge in [0.2, 0.25) is 0 Å². The van der Waals surface area contributed by atoms with Gasteiger partial charge in [-0.3, -0.25) is 9.59 Å². The van der Waals surface area contributed by atoms with Crippen molar-refractivity contribution < 1.29 is 19.1 Å². The van der Waals surface area contributed by atoms with Gasteiger partial charge in [-0.2, -0.15) is 0 Å². The van der Waals surface area contributed by atoms with Crippen LogP contribution in [0.2, 0.25) is 5.22 Å². The molecule has 1 amide bonds. The van der Waals surface area contributed by atoms with E-state index in [-0.39, 0.29) is 23.4 Å². The van der Waals surface area contributed by atoms with Gasteiger partial charge in [-0.15, -0.1) is 0 Å². The molecule has 1 saturated heterocycles. The van der Waals surface area contributed by atoms with Crippen LogP contribution in [-0.2, 0) is 4.79 Å². The average molecular weight is 258 g/mol. The standard InChI is InChI=1S/C11H12ClNO4/c1-11(10(15)16)4-5-13(6-11)9(14)7-2-3-8(12)17-7/h2-3H,4-6H2,1H3,(H,15,16)/t11-/m1/s1. The van der Waals surface area contributed by atoms with E-state index in [4.69, 9.17) is 21.1 Å². The van der Waals surface area contributed by atoms with E-state index >= 15 is 0 Å². The average Bonchev–Trinajstić information content (AvgIpc) is 2.85. The molecule has 92 valence electrons. The Morgan fingerprint density at radius 3 is 2.71 bits per heavy atom. The van der Waals surface area contributed by atoms with E-state index in [0.717, 1.165) is 0 Å². The number of hydrogen-bond acceptors (Lipinski definition) is 3. The predicted molar refractivity (Wildman–Crippen MR) is 60.0 cm³/mol. The van der Waals surface area contributed by atoms with Crippen LogP contribution in [0.1, 0.15) is 23.9 Å². The molecule has 0 aliphatic carbocycles. The quantitative estimate of drug-likeness (QED) is 0.878. The van der Waals surface area contributed by atoms with Crippen molar-refractivity contribution >= 4 is 23.5 Å². The number of carboxylic acids is 1. The fourth-order valence-corrected chi connectivity index (χ4v) is 2.04. The zero-order valence-corrected chi connectivity index (χ0v) is 10.0. The maximum Gasteiger partial charge on any atom is 0.311 e. The largest absolute Gasteiger partial charge is 0.481 e. The van der Waals surface area contributed by atoms with E-state index in [1.165, 1.54) is 17.0 Å². The van der Waals surface area contributed by atoms with Gasteiger partial charge in [0, 0.05) is 13.1 Å². The molecule has 17 heavy (non-hydrogen) atoms. The SMILES string of the molecule is C[C@@]1(C(=O)O)CCN(C(=O)c2ccc(Cl)o2)C1. The van der Waals surface area contributed by atoms with E-state index in [9.17, 15) is 9.59 Å². The number of likely N-dealkylation sites (tertiary alicyclic amines) is 1. The van der Waals surface area contributed by atoms with E-state index < -0.39 is 11.4 Å². The molecule has 1 fully saturated rings. The van der Waals surface area contributed by atoms with Gasteiger partial charge < -0.3 is 14.4 Å². The summed E-state index contributed by atoms with van der Waals surface area (Å²) in [5, 5.41) is 9.21. The Balaban J connectivity index is 2.11. The lowest BCUT2D eigenvalue weighted by Gasteiger charge is -2.19. The lowest BCUT2D eigenvalue weighted by Crippen LogP contribution is -2.34. The number of rotatable bonds is 2. The monoisotopic (exact) mass is 257 g/mol. The third-order valence-corrected chi connectivity index (χ3v) is 3.26. The highest BCUT2D eigenvalue weighted by molar-refractivity contribution is 6.29. The number of amides is 1. The third kappa shape index (κ3) is 2.15. The zero-order chi connectivity index (χ0) is 12.6. The second kappa shape index (κ2) is 4.07. The molecule has 1 aliphatic rings. The molecular formula is C11H12ClNO4. The van der Waals surface area contributed by atoms with Crippen LogP contribution in [0.4, 0.5) is 0 Å². The number of nitrogens with zero attached hydrogens (tertiary/aromatic N) is 1. The molecule has 0 unspecified atom stereocenters. The first kappa shape index (κ1) is 12.0. The summed E-state index contributed by atoms with van der Waals surface area (Å²) < 4.78 is 5.01. The zero-order valence-electron chi connectivity index (χ0n) is 9.27. The molecule has 0 saturated carbocycles. The Labute approximate surface area is 103 Å². The highest BCUT2D eigenvalue weighted by atomic mass is 35.5. The Morgan fingerprint density at radius 2 is 2.24 bits per heavy atom. The van der Waals surface area contributed by atoms with Crippen LogP contribution < -0.4 is 0 Å². The van der Waals surface area contributed by atoms with Crippen LogP contribution in [0.5, 0.6) is 0 Å². The lowest BCUT2D eigenvalue weighted by molar-refractivity contribution is -0.147. The highest BCUT2D eigenvalue weighted by Crippen LogP contribution is 2.31. The highest BCUT2D eigenvalue weighted by Gasteiger charge is 2.42. The molecule has 6 heteroatoms. The summed E-state index contributed by atoms with van der Waals surface area (Å²) in [5.41, 5.74) is -0.869. The van der Waals surface area contributed by atoms with Gasteiger partial charge in [0.25, 0.3) is 5.91 Å². The van der Waals surface area contributed by atoms with Gasteiger partial charge in [0.05, 0.1) is 5.41 Å². The van der Waals surface area contributed by atoms with E-state index in [1.807, 2.05) is 0 Å². The van der Waals surface area contributed by atoms with Crippen molar-refractivity contribution in [2.24, 2.45) is 5.41 Å². The first-order valence-electron chi connectivity index (χ1n) is 5.20. The lowest BCUT2D eigenvalue weighted by atomic mass is 9.90. The molecule has 0 spiro atoms. The summed E-state index contributed by atoms with van der Waals surface area (Å²) in [7, 11) is 0. The molecule has 5 nitrogen and oxygen atoms in total. The Bertz CT molecular complexity index is 470. The summed E-state index contributed by atoms with van der Waals surface area (Å²) in [6.07, 6.45) is 0.447. The summed E-state index contributed by atoms with van der Waals surface area (Å²) in [6, 6.07) is 2.97. The number of carbonyl (C=O) groups excluding carboxylic acids is 1. The molecule has 1 aliphatic heterocycles. The number of hydrogen-bond donors (Lipinski definition) is 1. The smallest absolute Gasteiger partial charge is 0.311 e. The number of furan rings is 1. The molecule has 1 aromatic rings. The summed E-state index contributed by atoms with van der Waals surface area (Å²) in [4.78, 5) is 24.5. The van der Waals surface area contributed by atoms with E-state index in [0.29, 0.717) is 13.0 Å². The minimum Gasteiger partial charge on any atom is -0.481 e. The predicted octanol–water partition coefficient (Wildman–Crippen LogP) is 1.87. The molecule has 0 bridgehead atoms. The Morgan fingerprint density at radius 1 is 1.53 bits per heavy atom. The molecule has 1 N–H and O–H groups in total. The van der Waals surface area contributed by atoms with Gasteiger partial charge in [-0.05, 0) is 37.1 Å². The van der Waals surface area contributed by atoms with Gasteiger partial charge in [0.1, 0.15) is 0 Å². The fraction of sp³-hybridized carbons (Fsp3) is 0.455. The fourth-order valence-electron chi connectivity index (χ4n) is 1.89. The minimum atomic E-state index is -0.884. The molecule has 1 atom stereocenters. The van der Waals surface area contributed by atoms with Crippen molar-refractivity contribution in [3.8, 4) is 0 Å². The molecule has 0 aromatic carbocycles. The van der Waals surface area contributed by atoms with Crippen LogP contribution in [0.25, 0.3) is 0 Å². The van der Waals surface area contributed by atoms with Crippen molar-refractivity contribution in [1.29, 1.82) is 0 Å². The van der Waals surface area contributed by atoms with Gasteiger partial charge in [0.15, 0.2) is 11.0 Å². The molecule has 1 aromatic heterocycles. The minimum absolute atomic E-state index is 0.143. The number of carboxylic acid groups (broad SMARTS) is 1.